The third-order valence-electron chi connectivity index (χ3n) is 5.57. The van der Waals surface area contributed by atoms with Crippen molar-refractivity contribution in [2.75, 3.05) is 13.2 Å². The van der Waals surface area contributed by atoms with E-state index in [9.17, 15) is 8.42 Å². The summed E-state index contributed by atoms with van der Waals surface area (Å²) in [5, 5.41) is 8.68. The maximum atomic E-state index is 12.9. The van der Waals surface area contributed by atoms with E-state index >= 15 is 0 Å². The highest BCUT2D eigenvalue weighted by Crippen LogP contribution is 2.39. The van der Waals surface area contributed by atoms with Gasteiger partial charge in [0, 0.05) is 37.4 Å². The van der Waals surface area contributed by atoms with Crippen molar-refractivity contribution in [2.24, 2.45) is 0 Å². The van der Waals surface area contributed by atoms with E-state index in [1.54, 1.807) is 18.2 Å². The molecule has 5 rings (SSSR count). The first-order chi connectivity index (χ1) is 13.6. The van der Waals surface area contributed by atoms with E-state index in [1.807, 2.05) is 0 Å². The molecule has 1 saturated carbocycles. The van der Waals surface area contributed by atoms with Crippen LogP contribution in [0.2, 0.25) is 0 Å². The van der Waals surface area contributed by atoms with E-state index in [2.05, 4.69) is 19.5 Å². The lowest BCUT2D eigenvalue weighted by atomic mass is 10.1. The molecule has 1 unspecified atom stereocenters. The minimum Gasteiger partial charge on any atom is -0.490 e. The molecule has 1 aliphatic carbocycles. The van der Waals surface area contributed by atoms with E-state index in [4.69, 9.17) is 9.47 Å². The van der Waals surface area contributed by atoms with Crippen molar-refractivity contribution in [3.8, 4) is 11.5 Å². The highest BCUT2D eigenvalue weighted by atomic mass is 32.2. The molecule has 2 aliphatic heterocycles. The Morgan fingerprint density at radius 3 is 2.68 bits per heavy atom. The van der Waals surface area contributed by atoms with Gasteiger partial charge in [0.2, 0.25) is 10.0 Å². The Labute approximate surface area is 164 Å². The van der Waals surface area contributed by atoms with Gasteiger partial charge in [0.1, 0.15) is 11.6 Å². The van der Waals surface area contributed by atoms with Crippen LogP contribution in [0.25, 0.3) is 0 Å². The maximum absolute atomic E-state index is 12.9. The Hall–Kier alpha value is -2.13. The predicted octanol–water partition coefficient (Wildman–Crippen LogP) is 2.00. The van der Waals surface area contributed by atoms with Crippen LogP contribution in [-0.4, -0.2) is 42.4 Å². The number of rotatable bonds is 4. The molecule has 9 heteroatoms. The molecule has 1 fully saturated rings. The number of aryl methyl sites for hydroxylation is 1. The predicted molar refractivity (Wildman–Crippen MR) is 101 cm³/mol. The highest BCUT2D eigenvalue weighted by molar-refractivity contribution is 7.89. The van der Waals surface area contributed by atoms with E-state index in [-0.39, 0.29) is 10.9 Å². The lowest BCUT2D eigenvalue weighted by molar-refractivity contribution is 0.297. The fraction of sp³-hybridized carbons (Fsp3) is 0.579. The van der Waals surface area contributed by atoms with Gasteiger partial charge in [-0.25, -0.2) is 13.1 Å². The Balaban J connectivity index is 1.31. The molecule has 3 aliphatic rings. The average Bonchev–Trinajstić information content (AvgIpc) is 3.50. The maximum Gasteiger partial charge on any atom is 0.240 e. The molecule has 2 aromatic rings. The minimum atomic E-state index is -3.64. The SMILES string of the molecule is O=S(=O)(NC1CCc2nnc(C3CC3)n2CC1)c1ccc2c(c1)OCCCO2. The van der Waals surface area contributed by atoms with Crippen LogP contribution in [0.1, 0.15) is 49.7 Å². The molecule has 1 N–H and O–H groups in total. The van der Waals surface area contributed by atoms with Crippen LogP contribution in [0, 0.1) is 0 Å². The van der Waals surface area contributed by atoms with Gasteiger partial charge in [-0.1, -0.05) is 0 Å². The largest absolute Gasteiger partial charge is 0.490 e. The van der Waals surface area contributed by atoms with Gasteiger partial charge in [-0.15, -0.1) is 10.2 Å². The van der Waals surface area contributed by atoms with Gasteiger partial charge < -0.3 is 14.0 Å². The molecule has 1 atom stereocenters. The molecule has 8 nitrogen and oxygen atoms in total. The first-order valence-corrected chi connectivity index (χ1v) is 11.4. The Morgan fingerprint density at radius 2 is 1.86 bits per heavy atom. The zero-order valence-electron chi connectivity index (χ0n) is 15.6. The van der Waals surface area contributed by atoms with Gasteiger partial charge in [0.15, 0.2) is 11.5 Å². The van der Waals surface area contributed by atoms with Gasteiger partial charge in [-0.05, 0) is 37.8 Å². The lowest BCUT2D eigenvalue weighted by Gasteiger charge is -2.17. The van der Waals surface area contributed by atoms with Crippen LogP contribution in [0.4, 0.5) is 0 Å². The average molecular weight is 404 g/mol. The zero-order chi connectivity index (χ0) is 19.1. The molecule has 1 aromatic carbocycles. The van der Waals surface area contributed by atoms with Gasteiger partial charge in [0.05, 0.1) is 18.1 Å². The van der Waals surface area contributed by atoms with Crippen LogP contribution in [0.5, 0.6) is 11.5 Å². The molecule has 0 bridgehead atoms. The van der Waals surface area contributed by atoms with Crippen LogP contribution in [-0.2, 0) is 23.0 Å². The normalized spacial score (nSPS) is 22.2. The number of nitrogens with zero attached hydrogens (tertiary/aromatic N) is 3. The zero-order valence-corrected chi connectivity index (χ0v) is 16.5. The second-order valence-electron chi connectivity index (χ2n) is 7.70. The molecule has 28 heavy (non-hydrogen) atoms. The van der Waals surface area contributed by atoms with Crippen molar-refractivity contribution in [3.63, 3.8) is 0 Å². The van der Waals surface area contributed by atoms with E-state index < -0.39 is 10.0 Å². The monoisotopic (exact) mass is 404 g/mol. The molecule has 150 valence electrons. The quantitative estimate of drug-likeness (QED) is 0.837. The summed E-state index contributed by atoms with van der Waals surface area (Å²) in [6.07, 6.45) is 5.31. The van der Waals surface area contributed by atoms with Crippen molar-refractivity contribution in [2.45, 2.75) is 61.9 Å². The molecule has 3 heterocycles. The number of aromatic nitrogens is 3. The molecule has 0 amide bonds. The first-order valence-electron chi connectivity index (χ1n) is 9.94. The van der Waals surface area contributed by atoms with E-state index in [0.29, 0.717) is 37.1 Å². The standard InChI is InChI=1S/C19H24N4O4S/c24-28(25,15-5-6-16-17(12-15)27-11-1-10-26-16)22-14-4-7-18-20-21-19(13-2-3-13)23(18)9-8-14/h5-6,12-14,22H,1-4,7-11H2. The molecule has 0 spiro atoms. The Morgan fingerprint density at radius 1 is 1.04 bits per heavy atom. The second-order valence-corrected chi connectivity index (χ2v) is 9.42. The number of benzene rings is 1. The summed E-state index contributed by atoms with van der Waals surface area (Å²) in [6, 6.07) is 4.67. The summed E-state index contributed by atoms with van der Waals surface area (Å²) in [5.74, 6) is 3.66. The highest BCUT2D eigenvalue weighted by Gasteiger charge is 2.32. The third-order valence-corrected chi connectivity index (χ3v) is 7.09. The summed E-state index contributed by atoms with van der Waals surface area (Å²) in [5.41, 5.74) is 0. The van der Waals surface area contributed by atoms with Crippen LogP contribution in [0.15, 0.2) is 23.1 Å². The van der Waals surface area contributed by atoms with Crippen LogP contribution < -0.4 is 14.2 Å². The van der Waals surface area contributed by atoms with Crippen molar-refractivity contribution in [1.82, 2.24) is 19.5 Å². The summed E-state index contributed by atoms with van der Waals surface area (Å²) < 4.78 is 42.2. The number of hydrogen-bond donors (Lipinski definition) is 1. The number of hydrogen-bond acceptors (Lipinski definition) is 6. The lowest BCUT2D eigenvalue weighted by Crippen LogP contribution is -2.35. The van der Waals surface area contributed by atoms with Gasteiger partial charge in [0.25, 0.3) is 0 Å². The first kappa shape index (κ1) is 17.9. The van der Waals surface area contributed by atoms with Crippen molar-refractivity contribution in [3.05, 3.63) is 29.8 Å². The molecular formula is C19H24N4O4S. The topological polar surface area (TPSA) is 95.3 Å². The molecule has 1 aromatic heterocycles. The second kappa shape index (κ2) is 7.04. The van der Waals surface area contributed by atoms with E-state index in [1.165, 1.54) is 12.8 Å². The third kappa shape index (κ3) is 3.48. The summed E-state index contributed by atoms with van der Waals surface area (Å²) in [4.78, 5) is 0.207. The number of ether oxygens (including phenoxy) is 2. The Bertz CT molecular complexity index is 984. The summed E-state index contributed by atoms with van der Waals surface area (Å²) in [6.45, 7) is 1.85. The number of sulfonamides is 1. The van der Waals surface area contributed by atoms with Crippen molar-refractivity contribution in [1.29, 1.82) is 0 Å². The number of fused-ring (bicyclic) bond motifs is 2. The number of nitrogens with one attached hydrogen (secondary N) is 1. The minimum absolute atomic E-state index is 0.130. The summed E-state index contributed by atoms with van der Waals surface area (Å²) >= 11 is 0. The fourth-order valence-corrected chi connectivity index (χ4v) is 5.19. The molecular weight excluding hydrogens is 380 g/mol. The molecule has 0 saturated heterocycles. The fourth-order valence-electron chi connectivity index (χ4n) is 3.87. The van der Waals surface area contributed by atoms with Gasteiger partial charge >= 0.3 is 0 Å². The van der Waals surface area contributed by atoms with Gasteiger partial charge in [-0.3, -0.25) is 0 Å². The Kier molecular flexibility index (Phi) is 4.51. The smallest absolute Gasteiger partial charge is 0.240 e. The van der Waals surface area contributed by atoms with Crippen molar-refractivity contribution >= 4 is 10.0 Å². The summed E-state index contributed by atoms with van der Waals surface area (Å²) in [7, 11) is -3.64. The van der Waals surface area contributed by atoms with Crippen LogP contribution >= 0.6 is 0 Å². The van der Waals surface area contributed by atoms with Crippen LogP contribution in [0.3, 0.4) is 0 Å². The van der Waals surface area contributed by atoms with E-state index in [0.717, 1.165) is 37.5 Å². The van der Waals surface area contributed by atoms with Crippen molar-refractivity contribution < 1.29 is 17.9 Å². The molecule has 0 radical (unpaired) electrons. The van der Waals surface area contributed by atoms with Gasteiger partial charge in [-0.2, -0.15) is 0 Å².